The summed E-state index contributed by atoms with van der Waals surface area (Å²) in [5, 5.41) is 0.684. The van der Waals surface area contributed by atoms with Crippen molar-refractivity contribution in [2.45, 2.75) is 12.0 Å². The largest absolute Gasteiger partial charge is 0.497 e. The SMILES string of the molecule is COc1ccc([C@@H]2[C@H](C(=O)N3CCN(c4cccc(Cl)c4)CC3)c3cc(OC)c(OC)cc3C(=O)N2C)cc1. The van der Waals surface area contributed by atoms with Crippen molar-refractivity contribution in [1.82, 2.24) is 9.80 Å². The summed E-state index contributed by atoms with van der Waals surface area (Å²) in [6.07, 6.45) is 0. The van der Waals surface area contributed by atoms with Crippen LogP contribution < -0.4 is 19.1 Å². The van der Waals surface area contributed by atoms with Gasteiger partial charge in [0, 0.05) is 49.5 Å². The van der Waals surface area contributed by atoms with Crippen molar-refractivity contribution in [3.8, 4) is 17.2 Å². The van der Waals surface area contributed by atoms with Crippen LogP contribution in [0.3, 0.4) is 0 Å². The van der Waals surface area contributed by atoms with Gasteiger partial charge in [-0.3, -0.25) is 9.59 Å². The molecule has 0 radical (unpaired) electrons. The van der Waals surface area contributed by atoms with Gasteiger partial charge in [0.25, 0.3) is 5.91 Å². The number of nitrogens with zero attached hydrogens (tertiary/aromatic N) is 3. The molecule has 39 heavy (non-hydrogen) atoms. The maximum Gasteiger partial charge on any atom is 0.254 e. The van der Waals surface area contributed by atoms with E-state index >= 15 is 0 Å². The van der Waals surface area contributed by atoms with E-state index in [1.54, 1.807) is 38.3 Å². The number of fused-ring (bicyclic) bond motifs is 1. The molecule has 3 aromatic rings. The molecule has 2 aliphatic heterocycles. The van der Waals surface area contributed by atoms with E-state index in [0.29, 0.717) is 59.6 Å². The molecule has 0 saturated carbocycles. The van der Waals surface area contributed by atoms with E-state index < -0.39 is 12.0 Å². The van der Waals surface area contributed by atoms with Gasteiger partial charge in [0.2, 0.25) is 5.91 Å². The Labute approximate surface area is 233 Å². The van der Waals surface area contributed by atoms with Crippen molar-refractivity contribution >= 4 is 29.1 Å². The van der Waals surface area contributed by atoms with Gasteiger partial charge < -0.3 is 28.9 Å². The smallest absolute Gasteiger partial charge is 0.254 e. The Morgan fingerprint density at radius 2 is 1.54 bits per heavy atom. The summed E-state index contributed by atoms with van der Waals surface area (Å²) in [5.41, 5.74) is 2.97. The first-order chi connectivity index (χ1) is 18.9. The Bertz CT molecular complexity index is 1370. The van der Waals surface area contributed by atoms with Gasteiger partial charge in [-0.1, -0.05) is 29.8 Å². The third-order valence-corrected chi connectivity index (χ3v) is 7.90. The molecule has 2 aliphatic rings. The van der Waals surface area contributed by atoms with Crippen molar-refractivity contribution in [3.63, 3.8) is 0 Å². The first-order valence-corrected chi connectivity index (χ1v) is 13.2. The Balaban J connectivity index is 1.53. The molecule has 2 heterocycles. The Morgan fingerprint density at radius 1 is 0.872 bits per heavy atom. The van der Waals surface area contributed by atoms with Crippen LogP contribution in [0.2, 0.25) is 5.02 Å². The van der Waals surface area contributed by atoms with Gasteiger partial charge in [0.15, 0.2) is 11.5 Å². The third-order valence-electron chi connectivity index (χ3n) is 7.66. The molecule has 2 amide bonds. The molecule has 2 atom stereocenters. The molecule has 0 aliphatic carbocycles. The predicted octanol–water partition coefficient (Wildman–Crippen LogP) is 4.63. The number of amides is 2. The van der Waals surface area contributed by atoms with E-state index in [-0.39, 0.29) is 11.8 Å². The third kappa shape index (κ3) is 4.96. The van der Waals surface area contributed by atoms with Gasteiger partial charge in [-0.2, -0.15) is 0 Å². The van der Waals surface area contributed by atoms with Crippen LogP contribution in [0.15, 0.2) is 60.7 Å². The number of ether oxygens (including phenoxy) is 3. The van der Waals surface area contributed by atoms with Crippen LogP contribution in [-0.4, -0.2) is 76.2 Å². The molecule has 0 spiro atoms. The quantitative estimate of drug-likeness (QED) is 0.447. The number of rotatable bonds is 6. The standard InChI is InChI=1S/C30H32ClN3O5/c1-32-28(19-8-10-22(37-2)11-9-19)27(23-17-25(38-3)26(39-4)18-24(23)29(32)35)30(36)34-14-12-33(13-15-34)21-7-5-6-20(31)16-21/h5-11,16-18,27-28H,12-15H2,1-4H3/t27-,28-/m1/s1. The highest BCUT2D eigenvalue weighted by Gasteiger charge is 2.45. The van der Waals surface area contributed by atoms with Crippen LogP contribution in [0.4, 0.5) is 5.69 Å². The van der Waals surface area contributed by atoms with Crippen LogP contribution in [0.25, 0.3) is 0 Å². The maximum atomic E-state index is 14.4. The number of carbonyl (C=O) groups excluding carboxylic acids is 2. The molecule has 8 nitrogen and oxygen atoms in total. The highest BCUT2D eigenvalue weighted by Crippen LogP contribution is 2.46. The van der Waals surface area contributed by atoms with E-state index in [1.807, 2.05) is 53.4 Å². The number of methoxy groups -OCH3 is 3. The summed E-state index contributed by atoms with van der Waals surface area (Å²) < 4.78 is 16.4. The van der Waals surface area contributed by atoms with Crippen molar-refractivity contribution < 1.29 is 23.8 Å². The predicted molar refractivity (Wildman–Crippen MR) is 150 cm³/mol. The minimum atomic E-state index is -0.631. The molecular weight excluding hydrogens is 518 g/mol. The number of anilines is 1. The fourth-order valence-electron chi connectivity index (χ4n) is 5.59. The number of piperazine rings is 1. The van der Waals surface area contributed by atoms with E-state index in [4.69, 9.17) is 25.8 Å². The number of hydrogen-bond donors (Lipinski definition) is 0. The van der Waals surface area contributed by atoms with Crippen molar-refractivity contribution in [1.29, 1.82) is 0 Å². The van der Waals surface area contributed by atoms with E-state index in [9.17, 15) is 9.59 Å². The van der Waals surface area contributed by atoms with Gasteiger partial charge >= 0.3 is 0 Å². The second-order valence-electron chi connectivity index (χ2n) is 9.70. The average Bonchev–Trinajstić information content (AvgIpc) is 2.98. The molecule has 1 saturated heterocycles. The van der Waals surface area contributed by atoms with Gasteiger partial charge in [0.05, 0.1) is 33.3 Å². The Morgan fingerprint density at radius 3 is 2.15 bits per heavy atom. The molecule has 0 N–H and O–H groups in total. The highest BCUT2D eigenvalue weighted by atomic mass is 35.5. The van der Waals surface area contributed by atoms with Crippen LogP contribution in [-0.2, 0) is 4.79 Å². The lowest BCUT2D eigenvalue weighted by Gasteiger charge is -2.43. The summed E-state index contributed by atoms with van der Waals surface area (Å²) >= 11 is 6.21. The second-order valence-corrected chi connectivity index (χ2v) is 10.1. The summed E-state index contributed by atoms with van der Waals surface area (Å²) in [4.78, 5) is 33.8. The molecule has 5 rings (SSSR count). The lowest BCUT2D eigenvalue weighted by atomic mass is 9.78. The lowest BCUT2D eigenvalue weighted by Crippen LogP contribution is -2.53. The van der Waals surface area contributed by atoms with Crippen LogP contribution in [0.1, 0.15) is 33.4 Å². The van der Waals surface area contributed by atoms with Crippen LogP contribution in [0.5, 0.6) is 17.2 Å². The zero-order valence-electron chi connectivity index (χ0n) is 22.5. The molecule has 0 unspecified atom stereocenters. The van der Waals surface area contributed by atoms with Gasteiger partial charge in [-0.25, -0.2) is 0 Å². The Hall–Kier alpha value is -3.91. The number of carbonyl (C=O) groups is 2. The molecule has 204 valence electrons. The lowest BCUT2D eigenvalue weighted by molar-refractivity contribution is -0.134. The summed E-state index contributed by atoms with van der Waals surface area (Å²) in [6.45, 7) is 2.47. The van der Waals surface area contributed by atoms with Crippen molar-refractivity contribution in [2.75, 3.05) is 59.5 Å². The van der Waals surface area contributed by atoms with Crippen LogP contribution >= 0.6 is 11.6 Å². The number of benzene rings is 3. The highest BCUT2D eigenvalue weighted by molar-refractivity contribution is 6.30. The monoisotopic (exact) mass is 549 g/mol. The number of halogens is 1. The normalized spacial score (nSPS) is 19.0. The zero-order valence-corrected chi connectivity index (χ0v) is 23.3. The molecule has 1 fully saturated rings. The first-order valence-electron chi connectivity index (χ1n) is 12.8. The zero-order chi connectivity index (χ0) is 27.7. The summed E-state index contributed by atoms with van der Waals surface area (Å²) in [7, 11) is 6.43. The van der Waals surface area contributed by atoms with Gasteiger partial charge in [-0.05, 0) is 53.6 Å². The topological polar surface area (TPSA) is 71.5 Å². The van der Waals surface area contributed by atoms with E-state index in [2.05, 4.69) is 4.90 Å². The minimum absolute atomic E-state index is 0.0330. The minimum Gasteiger partial charge on any atom is -0.497 e. The maximum absolute atomic E-state index is 14.4. The van der Waals surface area contributed by atoms with Gasteiger partial charge in [0.1, 0.15) is 5.75 Å². The van der Waals surface area contributed by atoms with Crippen LogP contribution in [0, 0.1) is 0 Å². The molecule has 0 aromatic heterocycles. The summed E-state index contributed by atoms with van der Waals surface area (Å²) in [6, 6.07) is 18.2. The molecule has 3 aromatic carbocycles. The fourth-order valence-corrected chi connectivity index (χ4v) is 5.77. The first kappa shape index (κ1) is 26.7. The van der Waals surface area contributed by atoms with E-state index in [1.165, 1.54) is 7.11 Å². The average molecular weight is 550 g/mol. The molecular formula is C30H32ClN3O5. The molecule has 0 bridgehead atoms. The van der Waals surface area contributed by atoms with Gasteiger partial charge in [-0.15, -0.1) is 0 Å². The fraction of sp³-hybridized carbons (Fsp3) is 0.333. The Kier molecular flexibility index (Phi) is 7.57. The van der Waals surface area contributed by atoms with E-state index in [0.717, 1.165) is 11.3 Å². The van der Waals surface area contributed by atoms with Crippen molar-refractivity contribution in [2.24, 2.45) is 0 Å². The van der Waals surface area contributed by atoms with Crippen molar-refractivity contribution in [3.05, 3.63) is 82.4 Å². The second kappa shape index (κ2) is 11.1. The number of likely N-dealkylation sites (N-methyl/N-ethyl adjacent to an activating group) is 1. The number of hydrogen-bond acceptors (Lipinski definition) is 6. The summed E-state index contributed by atoms with van der Waals surface area (Å²) in [5.74, 6) is 0.785. The molecule has 9 heteroatoms.